The lowest BCUT2D eigenvalue weighted by Gasteiger charge is -2.59. The number of hydrogen-bond acceptors (Lipinski definition) is 2. The summed E-state index contributed by atoms with van der Waals surface area (Å²) < 4.78 is 5.09. The van der Waals surface area contributed by atoms with Gasteiger partial charge in [0.05, 0.1) is 13.0 Å². The third-order valence-corrected chi connectivity index (χ3v) is 7.90. The van der Waals surface area contributed by atoms with Crippen LogP contribution in [0.4, 0.5) is 0 Å². The second-order valence-corrected chi connectivity index (χ2v) is 9.08. The summed E-state index contributed by atoms with van der Waals surface area (Å²) in [5.74, 6) is 2.80. The lowest BCUT2D eigenvalue weighted by molar-refractivity contribution is -0.145. The molecular formula is C22H34O2. The van der Waals surface area contributed by atoms with Crippen LogP contribution in [0.25, 0.3) is 0 Å². The molecule has 2 nitrogen and oxygen atoms in total. The highest BCUT2D eigenvalue weighted by molar-refractivity contribution is 5.73. The van der Waals surface area contributed by atoms with Crippen LogP contribution in [0.3, 0.4) is 0 Å². The summed E-state index contributed by atoms with van der Waals surface area (Å²) in [6, 6.07) is 0. The molecule has 0 heterocycles. The summed E-state index contributed by atoms with van der Waals surface area (Å²) in [6.45, 7) is 11.3. The summed E-state index contributed by atoms with van der Waals surface area (Å²) >= 11 is 0. The number of carbonyl (C=O) groups is 1. The van der Waals surface area contributed by atoms with E-state index in [0.29, 0.717) is 17.3 Å². The molecule has 0 aliphatic heterocycles. The fraction of sp³-hybridized carbons (Fsp3) is 0.773. The minimum absolute atomic E-state index is 0.00863. The van der Waals surface area contributed by atoms with Gasteiger partial charge >= 0.3 is 5.97 Å². The number of fused-ring (bicyclic) bond motifs is 3. The van der Waals surface area contributed by atoms with Crippen LogP contribution in [0.2, 0.25) is 0 Å². The Balaban J connectivity index is 1.97. The topological polar surface area (TPSA) is 26.3 Å². The molecule has 0 aromatic heterocycles. The van der Waals surface area contributed by atoms with E-state index in [4.69, 9.17) is 4.74 Å². The maximum Gasteiger partial charge on any atom is 0.308 e. The van der Waals surface area contributed by atoms with E-state index in [9.17, 15) is 4.79 Å². The van der Waals surface area contributed by atoms with Gasteiger partial charge in [-0.1, -0.05) is 39.0 Å². The second-order valence-electron chi connectivity index (χ2n) is 9.08. The largest absolute Gasteiger partial charge is 0.469 e. The standard InChI is InChI=1S/C22H34O2/c1-6-7-8-18-15(2)9-10-17-11-12-21(3)14-16(20(23)24-5)13-19(21)22(17,18)4/h6,11-12,15-19H,1,7-10,13-14H2,2-5H3/t15-,16?,17+,18+,19+,21-,22+/m0/s1. The second kappa shape index (κ2) is 6.35. The minimum Gasteiger partial charge on any atom is -0.469 e. The Hall–Kier alpha value is -1.05. The van der Waals surface area contributed by atoms with Crippen molar-refractivity contribution in [3.8, 4) is 0 Å². The predicted octanol–water partition coefficient (Wildman–Crippen LogP) is 5.40. The molecule has 0 saturated heterocycles. The number of allylic oxidation sites excluding steroid dienone is 3. The predicted molar refractivity (Wildman–Crippen MR) is 98.4 cm³/mol. The van der Waals surface area contributed by atoms with Gasteiger partial charge in [0.15, 0.2) is 0 Å². The number of esters is 1. The summed E-state index contributed by atoms with van der Waals surface area (Å²) in [5.41, 5.74) is 0.445. The summed E-state index contributed by atoms with van der Waals surface area (Å²) in [4.78, 5) is 12.2. The van der Waals surface area contributed by atoms with Gasteiger partial charge in [-0.3, -0.25) is 4.79 Å². The molecule has 24 heavy (non-hydrogen) atoms. The fourth-order valence-electron chi connectivity index (χ4n) is 6.70. The lowest BCUT2D eigenvalue weighted by atomic mass is 9.46. The van der Waals surface area contributed by atoms with E-state index in [1.165, 1.54) is 26.4 Å². The van der Waals surface area contributed by atoms with Crippen LogP contribution in [0.15, 0.2) is 24.8 Å². The first kappa shape index (κ1) is 17.8. The van der Waals surface area contributed by atoms with Gasteiger partial charge in [-0.2, -0.15) is 0 Å². The molecule has 2 heteroatoms. The average molecular weight is 331 g/mol. The van der Waals surface area contributed by atoms with Crippen molar-refractivity contribution in [3.05, 3.63) is 24.8 Å². The Morgan fingerprint density at radius 3 is 2.79 bits per heavy atom. The molecule has 2 fully saturated rings. The molecule has 0 N–H and O–H groups in total. The van der Waals surface area contributed by atoms with Crippen molar-refractivity contribution >= 4 is 5.97 Å². The first-order valence-electron chi connectivity index (χ1n) is 9.75. The number of methoxy groups -OCH3 is 1. The Labute approximate surface area is 147 Å². The van der Waals surface area contributed by atoms with Crippen molar-refractivity contribution < 1.29 is 9.53 Å². The first-order valence-corrected chi connectivity index (χ1v) is 9.75. The van der Waals surface area contributed by atoms with E-state index in [1.807, 2.05) is 0 Å². The molecule has 0 amide bonds. The Bertz CT molecular complexity index is 536. The number of ether oxygens (including phenoxy) is 1. The Kier molecular flexibility index (Phi) is 4.70. The average Bonchev–Trinajstić information content (AvgIpc) is 2.92. The monoisotopic (exact) mass is 330 g/mol. The van der Waals surface area contributed by atoms with Crippen LogP contribution in [-0.4, -0.2) is 13.1 Å². The van der Waals surface area contributed by atoms with Crippen molar-refractivity contribution in [1.82, 2.24) is 0 Å². The van der Waals surface area contributed by atoms with Crippen LogP contribution in [-0.2, 0) is 9.53 Å². The molecule has 0 spiro atoms. The molecule has 0 bridgehead atoms. The zero-order valence-electron chi connectivity index (χ0n) is 15.9. The minimum atomic E-state index is -0.00863. The van der Waals surface area contributed by atoms with E-state index >= 15 is 0 Å². The molecule has 2 saturated carbocycles. The quantitative estimate of drug-likeness (QED) is 0.510. The molecule has 1 unspecified atom stereocenters. The summed E-state index contributed by atoms with van der Waals surface area (Å²) in [5, 5.41) is 0. The van der Waals surface area contributed by atoms with Crippen LogP contribution in [0.1, 0.15) is 59.3 Å². The van der Waals surface area contributed by atoms with Crippen LogP contribution >= 0.6 is 0 Å². The number of carbonyl (C=O) groups excluding carboxylic acids is 1. The van der Waals surface area contributed by atoms with Crippen molar-refractivity contribution in [1.29, 1.82) is 0 Å². The Morgan fingerprint density at radius 2 is 2.12 bits per heavy atom. The van der Waals surface area contributed by atoms with Gasteiger partial charge in [-0.15, -0.1) is 6.58 Å². The summed E-state index contributed by atoms with van der Waals surface area (Å²) in [7, 11) is 1.53. The van der Waals surface area contributed by atoms with E-state index < -0.39 is 0 Å². The van der Waals surface area contributed by atoms with Gasteiger partial charge in [0.25, 0.3) is 0 Å². The van der Waals surface area contributed by atoms with Gasteiger partial charge in [0, 0.05) is 0 Å². The molecule has 134 valence electrons. The fourth-order valence-corrected chi connectivity index (χ4v) is 6.70. The van der Waals surface area contributed by atoms with E-state index in [2.05, 4.69) is 45.6 Å². The maximum absolute atomic E-state index is 12.2. The highest BCUT2D eigenvalue weighted by Crippen LogP contribution is 2.66. The molecule has 0 radical (unpaired) electrons. The normalized spacial score (nSPS) is 46.9. The van der Waals surface area contributed by atoms with Crippen molar-refractivity contribution in [2.24, 2.45) is 40.4 Å². The lowest BCUT2D eigenvalue weighted by Crippen LogP contribution is -2.52. The third kappa shape index (κ3) is 2.57. The Morgan fingerprint density at radius 1 is 1.38 bits per heavy atom. The van der Waals surface area contributed by atoms with Crippen LogP contribution in [0.5, 0.6) is 0 Å². The molecule has 3 rings (SSSR count). The molecular weight excluding hydrogens is 296 g/mol. The highest BCUT2D eigenvalue weighted by atomic mass is 16.5. The molecule has 3 aliphatic rings. The smallest absolute Gasteiger partial charge is 0.308 e. The SMILES string of the molecule is C=CCC[C@@H]1[C@@H](C)CC[C@@H]2C=C[C@@]3(C)CC(C(=O)OC)C[C@H]3[C@@]12C. The molecule has 7 atom stereocenters. The van der Waals surface area contributed by atoms with Gasteiger partial charge < -0.3 is 4.74 Å². The first-order chi connectivity index (χ1) is 11.4. The van der Waals surface area contributed by atoms with Crippen LogP contribution < -0.4 is 0 Å². The van der Waals surface area contributed by atoms with Gasteiger partial charge in [0.1, 0.15) is 0 Å². The summed E-state index contributed by atoms with van der Waals surface area (Å²) in [6.07, 6.45) is 13.9. The maximum atomic E-state index is 12.2. The zero-order valence-corrected chi connectivity index (χ0v) is 15.9. The third-order valence-electron chi connectivity index (χ3n) is 7.90. The van der Waals surface area contributed by atoms with Gasteiger partial charge in [-0.25, -0.2) is 0 Å². The van der Waals surface area contributed by atoms with Crippen molar-refractivity contribution in [2.45, 2.75) is 59.3 Å². The van der Waals surface area contributed by atoms with Gasteiger partial charge in [0.2, 0.25) is 0 Å². The van der Waals surface area contributed by atoms with E-state index in [1.54, 1.807) is 0 Å². The molecule has 0 aromatic rings. The van der Waals surface area contributed by atoms with Crippen LogP contribution in [0, 0.1) is 40.4 Å². The molecule has 3 aliphatic carbocycles. The number of hydrogen-bond donors (Lipinski definition) is 0. The van der Waals surface area contributed by atoms with E-state index in [-0.39, 0.29) is 17.3 Å². The van der Waals surface area contributed by atoms with Crippen molar-refractivity contribution in [2.75, 3.05) is 7.11 Å². The van der Waals surface area contributed by atoms with Crippen molar-refractivity contribution in [3.63, 3.8) is 0 Å². The number of rotatable bonds is 4. The highest BCUT2D eigenvalue weighted by Gasteiger charge is 2.60. The molecule has 0 aromatic carbocycles. The van der Waals surface area contributed by atoms with Gasteiger partial charge in [-0.05, 0) is 73.0 Å². The zero-order chi connectivity index (χ0) is 17.5. The van der Waals surface area contributed by atoms with E-state index in [0.717, 1.165) is 31.1 Å².